The highest BCUT2D eigenvalue weighted by Gasteiger charge is 2.14. The van der Waals surface area contributed by atoms with Gasteiger partial charge < -0.3 is 9.47 Å². The summed E-state index contributed by atoms with van der Waals surface area (Å²) in [6.07, 6.45) is 3.16. The summed E-state index contributed by atoms with van der Waals surface area (Å²) in [6.45, 7) is 5.54. The fourth-order valence-electron chi connectivity index (χ4n) is 1.41. The fourth-order valence-corrected chi connectivity index (χ4v) is 1.56. The van der Waals surface area contributed by atoms with Gasteiger partial charge in [-0.3, -0.25) is 0 Å². The van der Waals surface area contributed by atoms with Crippen LogP contribution in [0.15, 0.2) is 12.3 Å². The molecule has 1 rings (SSSR count). The van der Waals surface area contributed by atoms with Crippen LogP contribution < -0.4 is 0 Å². The van der Waals surface area contributed by atoms with Crippen molar-refractivity contribution in [1.82, 2.24) is 0 Å². The molecule has 1 fully saturated rings. The lowest BCUT2D eigenvalue weighted by atomic mass is 9.96. The van der Waals surface area contributed by atoms with Crippen LogP contribution in [0.3, 0.4) is 0 Å². The van der Waals surface area contributed by atoms with Crippen molar-refractivity contribution in [1.29, 1.82) is 0 Å². The zero-order valence-corrected chi connectivity index (χ0v) is 7.98. The molecule has 70 valence electrons. The van der Waals surface area contributed by atoms with Gasteiger partial charge in [-0.25, -0.2) is 0 Å². The predicted molar refractivity (Wildman–Crippen MR) is 49.1 cm³/mol. The monoisotopic (exact) mass is 190 g/mol. The zero-order chi connectivity index (χ0) is 8.81. The van der Waals surface area contributed by atoms with Crippen LogP contribution >= 0.6 is 11.6 Å². The number of alkyl halides is 1. The van der Waals surface area contributed by atoms with Crippen LogP contribution in [0, 0.1) is 5.92 Å². The van der Waals surface area contributed by atoms with Crippen LogP contribution in [0.1, 0.15) is 19.3 Å². The Labute approximate surface area is 78.5 Å². The molecule has 0 saturated carbocycles. The lowest BCUT2D eigenvalue weighted by Crippen LogP contribution is -2.16. The molecule has 0 aromatic heterocycles. The molecule has 3 heteroatoms. The maximum Gasteiger partial charge on any atom is 0.161 e. The quantitative estimate of drug-likeness (QED) is 0.501. The molecule has 0 atom stereocenters. The average molecular weight is 191 g/mol. The number of ether oxygens (including phenoxy) is 2. The van der Waals surface area contributed by atoms with E-state index in [1.54, 1.807) is 0 Å². The van der Waals surface area contributed by atoms with Crippen molar-refractivity contribution in [3.8, 4) is 0 Å². The molecule has 1 heterocycles. The normalized spacial score (nSPS) is 19.1. The molecule has 1 aliphatic heterocycles. The van der Waals surface area contributed by atoms with Crippen molar-refractivity contribution >= 4 is 11.6 Å². The summed E-state index contributed by atoms with van der Waals surface area (Å²) >= 11 is 5.41. The van der Waals surface area contributed by atoms with E-state index < -0.39 is 0 Å². The van der Waals surface area contributed by atoms with Crippen LogP contribution in [0.4, 0.5) is 0 Å². The molecule has 0 aromatic carbocycles. The third-order valence-electron chi connectivity index (χ3n) is 2.12. The predicted octanol–water partition coefficient (Wildman–Crippen LogP) is 2.53. The smallest absolute Gasteiger partial charge is 0.161 e. The molecule has 0 bridgehead atoms. The average Bonchev–Trinajstić information content (AvgIpc) is 2.06. The van der Waals surface area contributed by atoms with Crippen LogP contribution in [-0.2, 0) is 9.47 Å². The molecular formula is C9H15ClO2. The number of hydrogen-bond acceptors (Lipinski definition) is 2. The van der Waals surface area contributed by atoms with Crippen molar-refractivity contribution in [2.75, 3.05) is 19.3 Å². The number of hydrogen-bond donors (Lipinski definition) is 0. The molecule has 1 saturated heterocycles. The van der Waals surface area contributed by atoms with E-state index in [2.05, 4.69) is 6.58 Å². The molecule has 0 radical (unpaired) electrons. The summed E-state index contributed by atoms with van der Waals surface area (Å²) in [5, 5.41) is 0. The Morgan fingerprint density at radius 3 is 2.75 bits per heavy atom. The van der Waals surface area contributed by atoms with Gasteiger partial charge in [0, 0.05) is 19.6 Å². The van der Waals surface area contributed by atoms with E-state index in [1.807, 2.05) is 0 Å². The Morgan fingerprint density at radius 1 is 1.50 bits per heavy atom. The molecule has 0 aromatic rings. The van der Waals surface area contributed by atoms with E-state index in [0.29, 0.717) is 5.92 Å². The highest BCUT2D eigenvalue weighted by Crippen LogP contribution is 2.22. The van der Waals surface area contributed by atoms with Crippen molar-refractivity contribution in [2.45, 2.75) is 19.3 Å². The minimum absolute atomic E-state index is 0.210. The largest absolute Gasteiger partial charge is 0.483 e. The Morgan fingerprint density at radius 2 is 2.17 bits per heavy atom. The highest BCUT2D eigenvalue weighted by atomic mass is 35.5. The van der Waals surface area contributed by atoms with Gasteiger partial charge in [0.1, 0.15) is 0 Å². The Bertz CT molecular complexity index is 141. The van der Waals surface area contributed by atoms with E-state index in [-0.39, 0.29) is 6.07 Å². The van der Waals surface area contributed by atoms with Crippen molar-refractivity contribution in [3.05, 3.63) is 12.3 Å². The van der Waals surface area contributed by atoms with Crippen LogP contribution in [0.25, 0.3) is 0 Å². The van der Waals surface area contributed by atoms with Crippen molar-refractivity contribution in [3.63, 3.8) is 0 Å². The van der Waals surface area contributed by atoms with Gasteiger partial charge in [0.05, 0.1) is 5.76 Å². The number of allylic oxidation sites excluding steroid dienone is 1. The topological polar surface area (TPSA) is 18.5 Å². The maximum atomic E-state index is 5.41. The molecule has 0 N–H and O–H groups in total. The first-order chi connectivity index (χ1) is 5.83. The first kappa shape index (κ1) is 9.87. The first-order valence-electron chi connectivity index (χ1n) is 4.27. The molecule has 12 heavy (non-hydrogen) atoms. The molecular weight excluding hydrogens is 176 g/mol. The summed E-state index contributed by atoms with van der Waals surface area (Å²) in [6, 6.07) is 0.210. The lowest BCUT2D eigenvalue weighted by molar-refractivity contribution is 0.0617. The van der Waals surface area contributed by atoms with Crippen molar-refractivity contribution < 1.29 is 9.47 Å². The van der Waals surface area contributed by atoms with E-state index in [0.717, 1.165) is 38.2 Å². The SMILES string of the molecule is C=C(CC1CCOCC1)OCCl. The van der Waals surface area contributed by atoms with Crippen LogP contribution in [-0.4, -0.2) is 19.3 Å². The second kappa shape index (κ2) is 5.44. The number of rotatable bonds is 4. The van der Waals surface area contributed by atoms with Gasteiger partial charge in [-0.2, -0.15) is 0 Å². The minimum Gasteiger partial charge on any atom is -0.483 e. The zero-order valence-electron chi connectivity index (χ0n) is 7.22. The van der Waals surface area contributed by atoms with Crippen LogP contribution in [0.2, 0.25) is 0 Å². The summed E-state index contributed by atoms with van der Waals surface area (Å²) in [5.74, 6) is 1.48. The first-order valence-corrected chi connectivity index (χ1v) is 4.80. The van der Waals surface area contributed by atoms with E-state index >= 15 is 0 Å². The molecule has 0 spiro atoms. The Hall–Kier alpha value is -0.210. The maximum absolute atomic E-state index is 5.41. The third kappa shape index (κ3) is 3.46. The third-order valence-corrected chi connectivity index (χ3v) is 2.23. The van der Waals surface area contributed by atoms with E-state index in [4.69, 9.17) is 21.1 Å². The van der Waals surface area contributed by atoms with Gasteiger partial charge in [-0.1, -0.05) is 18.2 Å². The fraction of sp³-hybridized carbons (Fsp3) is 0.778. The summed E-state index contributed by atoms with van der Waals surface area (Å²) in [7, 11) is 0. The highest BCUT2D eigenvalue weighted by molar-refractivity contribution is 6.17. The molecule has 1 aliphatic rings. The lowest BCUT2D eigenvalue weighted by Gasteiger charge is -2.22. The Balaban J connectivity index is 2.15. The van der Waals surface area contributed by atoms with Gasteiger partial charge in [-0.15, -0.1) is 0 Å². The summed E-state index contributed by atoms with van der Waals surface area (Å²) in [5.41, 5.74) is 0. The summed E-state index contributed by atoms with van der Waals surface area (Å²) < 4.78 is 10.3. The standard InChI is InChI=1S/C9H15ClO2/c1-8(12-7-10)6-9-2-4-11-5-3-9/h9H,1-7H2. The summed E-state index contributed by atoms with van der Waals surface area (Å²) in [4.78, 5) is 0. The molecule has 0 unspecified atom stereocenters. The van der Waals surface area contributed by atoms with Gasteiger partial charge in [0.2, 0.25) is 0 Å². The van der Waals surface area contributed by atoms with Gasteiger partial charge in [-0.05, 0) is 18.8 Å². The minimum atomic E-state index is 0.210. The second-order valence-electron chi connectivity index (χ2n) is 3.05. The van der Waals surface area contributed by atoms with Crippen LogP contribution in [0.5, 0.6) is 0 Å². The second-order valence-corrected chi connectivity index (χ2v) is 3.27. The van der Waals surface area contributed by atoms with Gasteiger partial charge >= 0.3 is 0 Å². The molecule has 2 nitrogen and oxygen atoms in total. The van der Waals surface area contributed by atoms with Gasteiger partial charge in [0.25, 0.3) is 0 Å². The Kier molecular flexibility index (Phi) is 4.48. The van der Waals surface area contributed by atoms with Crippen molar-refractivity contribution in [2.24, 2.45) is 5.92 Å². The van der Waals surface area contributed by atoms with E-state index in [9.17, 15) is 0 Å². The molecule has 0 amide bonds. The van der Waals surface area contributed by atoms with E-state index in [1.165, 1.54) is 0 Å². The number of halogens is 1. The van der Waals surface area contributed by atoms with Gasteiger partial charge in [0.15, 0.2) is 6.07 Å². The molecule has 0 aliphatic carbocycles.